The maximum atomic E-state index is 9.93. The fourth-order valence-corrected chi connectivity index (χ4v) is 2.56. The fraction of sp³-hybridized carbons (Fsp3) is 0.417. The second-order valence-corrected chi connectivity index (χ2v) is 4.83. The van der Waals surface area contributed by atoms with Gasteiger partial charge in [-0.1, -0.05) is 0 Å². The van der Waals surface area contributed by atoms with Crippen molar-refractivity contribution >= 4 is 16.9 Å². The number of rotatable bonds is 2. The predicted molar refractivity (Wildman–Crippen MR) is 71.6 cm³/mol. The van der Waals surface area contributed by atoms with E-state index in [2.05, 4.69) is 9.97 Å². The van der Waals surface area contributed by atoms with Crippen molar-refractivity contribution in [2.45, 2.75) is 24.5 Å². The van der Waals surface area contributed by atoms with Gasteiger partial charge < -0.3 is 31.0 Å². The van der Waals surface area contributed by atoms with Gasteiger partial charge in [-0.3, -0.25) is 0 Å². The molecule has 2 aromatic rings. The van der Waals surface area contributed by atoms with Crippen molar-refractivity contribution in [3.63, 3.8) is 0 Å². The summed E-state index contributed by atoms with van der Waals surface area (Å²) < 4.78 is 7.09. The SMILES string of the molecule is N#Cc1cn([C@@H]2O[C@H](CO)[C@@H](O)[C@H]2N)c2ncnc(N)c12. The fourth-order valence-electron chi connectivity index (χ4n) is 2.56. The summed E-state index contributed by atoms with van der Waals surface area (Å²) in [6.07, 6.45) is 0.230. The second kappa shape index (κ2) is 4.94. The zero-order valence-electron chi connectivity index (χ0n) is 10.9. The number of fused-ring (bicyclic) bond motifs is 1. The molecule has 21 heavy (non-hydrogen) atoms. The number of hydrogen-bond acceptors (Lipinski definition) is 8. The highest BCUT2D eigenvalue weighted by molar-refractivity contribution is 5.91. The summed E-state index contributed by atoms with van der Waals surface area (Å²) in [5, 5.41) is 28.7. The van der Waals surface area contributed by atoms with Crippen LogP contribution in [0, 0.1) is 11.3 Å². The molecule has 0 unspecified atom stereocenters. The lowest BCUT2D eigenvalue weighted by Gasteiger charge is -2.17. The lowest BCUT2D eigenvalue weighted by Crippen LogP contribution is -2.39. The molecule has 1 saturated heterocycles. The third-order valence-electron chi connectivity index (χ3n) is 3.63. The van der Waals surface area contributed by atoms with Gasteiger partial charge in [0.15, 0.2) is 6.23 Å². The Labute approximate surface area is 119 Å². The van der Waals surface area contributed by atoms with Gasteiger partial charge in [-0.25, -0.2) is 9.97 Å². The molecule has 4 atom stereocenters. The van der Waals surface area contributed by atoms with E-state index in [1.807, 2.05) is 6.07 Å². The third kappa shape index (κ3) is 1.93. The van der Waals surface area contributed by atoms with Crippen LogP contribution in [0.2, 0.25) is 0 Å². The van der Waals surface area contributed by atoms with Crippen molar-refractivity contribution in [2.75, 3.05) is 12.3 Å². The second-order valence-electron chi connectivity index (χ2n) is 4.83. The molecule has 1 aliphatic rings. The first-order valence-electron chi connectivity index (χ1n) is 6.29. The summed E-state index contributed by atoms with van der Waals surface area (Å²) in [6, 6.07) is 1.25. The maximum absolute atomic E-state index is 9.93. The van der Waals surface area contributed by atoms with Crippen molar-refractivity contribution in [1.82, 2.24) is 14.5 Å². The van der Waals surface area contributed by atoms with Crippen LogP contribution in [0.5, 0.6) is 0 Å². The highest BCUT2D eigenvalue weighted by Crippen LogP contribution is 2.33. The maximum Gasteiger partial charge on any atom is 0.153 e. The molecule has 0 aliphatic carbocycles. The van der Waals surface area contributed by atoms with Gasteiger partial charge in [-0.2, -0.15) is 5.26 Å². The molecule has 0 bridgehead atoms. The number of aliphatic hydroxyl groups is 2. The normalized spacial score (nSPS) is 28.9. The van der Waals surface area contributed by atoms with E-state index in [9.17, 15) is 15.5 Å². The quantitative estimate of drug-likeness (QED) is 0.518. The average Bonchev–Trinajstić information content (AvgIpc) is 2.99. The molecule has 3 rings (SSSR count). The van der Waals surface area contributed by atoms with Crippen molar-refractivity contribution < 1.29 is 14.9 Å². The highest BCUT2D eigenvalue weighted by atomic mass is 16.5. The summed E-state index contributed by atoms with van der Waals surface area (Å²) in [5.41, 5.74) is 12.4. The molecule has 0 aromatic carbocycles. The van der Waals surface area contributed by atoms with E-state index in [4.69, 9.17) is 16.2 Å². The molecule has 110 valence electrons. The predicted octanol–water partition coefficient (Wildman–Crippen LogP) is -1.54. The van der Waals surface area contributed by atoms with Crippen molar-refractivity contribution in [3.8, 4) is 6.07 Å². The van der Waals surface area contributed by atoms with E-state index in [-0.39, 0.29) is 12.4 Å². The number of ether oxygens (including phenoxy) is 1. The Balaban J connectivity index is 2.14. The minimum Gasteiger partial charge on any atom is -0.394 e. The van der Waals surface area contributed by atoms with Crippen LogP contribution in [0.1, 0.15) is 11.8 Å². The van der Waals surface area contributed by atoms with Crippen molar-refractivity contribution in [1.29, 1.82) is 5.26 Å². The summed E-state index contributed by atoms with van der Waals surface area (Å²) in [6.45, 7) is -0.354. The third-order valence-corrected chi connectivity index (χ3v) is 3.63. The van der Waals surface area contributed by atoms with Gasteiger partial charge in [0.25, 0.3) is 0 Å². The monoisotopic (exact) mass is 290 g/mol. The van der Waals surface area contributed by atoms with Crippen LogP contribution in [0.4, 0.5) is 5.82 Å². The Morgan fingerprint density at radius 3 is 2.86 bits per heavy atom. The summed E-state index contributed by atoms with van der Waals surface area (Å²) in [7, 11) is 0. The smallest absolute Gasteiger partial charge is 0.153 e. The van der Waals surface area contributed by atoms with Gasteiger partial charge in [0.2, 0.25) is 0 Å². The molecule has 6 N–H and O–H groups in total. The molecule has 9 heteroatoms. The molecule has 3 heterocycles. The molecule has 1 aliphatic heterocycles. The molecule has 1 fully saturated rings. The molecular weight excluding hydrogens is 276 g/mol. The number of nitrogen functional groups attached to an aromatic ring is 1. The highest BCUT2D eigenvalue weighted by Gasteiger charge is 2.42. The van der Waals surface area contributed by atoms with E-state index >= 15 is 0 Å². The number of nitrogens with two attached hydrogens (primary N) is 2. The summed E-state index contributed by atoms with van der Waals surface area (Å²) >= 11 is 0. The molecule has 9 nitrogen and oxygen atoms in total. The zero-order chi connectivity index (χ0) is 15.1. The number of aliphatic hydroxyl groups excluding tert-OH is 2. The van der Waals surface area contributed by atoms with Crippen LogP contribution >= 0.6 is 0 Å². The molecule has 0 spiro atoms. The van der Waals surface area contributed by atoms with Crippen LogP contribution in [0.25, 0.3) is 11.0 Å². The first-order chi connectivity index (χ1) is 10.1. The molecule has 2 aromatic heterocycles. The minimum atomic E-state index is -1.01. The Kier molecular flexibility index (Phi) is 3.23. The van der Waals surface area contributed by atoms with Crippen LogP contribution < -0.4 is 11.5 Å². The lowest BCUT2D eigenvalue weighted by atomic mass is 10.1. The minimum absolute atomic E-state index is 0.182. The van der Waals surface area contributed by atoms with Gasteiger partial charge >= 0.3 is 0 Å². The molecule has 0 saturated carbocycles. The van der Waals surface area contributed by atoms with E-state index in [0.29, 0.717) is 16.6 Å². The summed E-state index contributed by atoms with van der Waals surface area (Å²) in [5.74, 6) is 0.182. The standard InChI is InChI=1S/C12H14N6O3/c13-1-5-2-18(11-7(5)10(15)16-4-17-11)12-8(14)9(20)6(3-19)21-12/h2,4,6,8-9,12,19-20H,3,14H2,(H2,15,16,17)/t6-,8-,9-,12-/m1/s1. The van der Waals surface area contributed by atoms with E-state index < -0.39 is 24.5 Å². The van der Waals surface area contributed by atoms with Crippen LogP contribution in [0.15, 0.2) is 12.5 Å². The van der Waals surface area contributed by atoms with E-state index in [1.54, 1.807) is 0 Å². The number of aromatic nitrogens is 3. The largest absolute Gasteiger partial charge is 0.394 e. The van der Waals surface area contributed by atoms with Gasteiger partial charge in [0.05, 0.1) is 23.6 Å². The van der Waals surface area contributed by atoms with E-state index in [0.717, 1.165) is 0 Å². The first-order valence-corrected chi connectivity index (χ1v) is 6.29. The van der Waals surface area contributed by atoms with Crippen molar-refractivity contribution in [2.24, 2.45) is 5.73 Å². The van der Waals surface area contributed by atoms with Crippen LogP contribution in [0.3, 0.4) is 0 Å². The van der Waals surface area contributed by atoms with Gasteiger partial charge in [0, 0.05) is 6.20 Å². The Bertz CT molecular complexity index is 724. The van der Waals surface area contributed by atoms with Crippen LogP contribution in [-0.4, -0.2) is 49.6 Å². The molecular formula is C12H14N6O3. The van der Waals surface area contributed by atoms with Gasteiger partial charge in [-0.15, -0.1) is 0 Å². The Morgan fingerprint density at radius 1 is 1.48 bits per heavy atom. The average molecular weight is 290 g/mol. The number of hydrogen-bond donors (Lipinski definition) is 4. The van der Waals surface area contributed by atoms with Gasteiger partial charge in [-0.05, 0) is 0 Å². The van der Waals surface area contributed by atoms with Gasteiger partial charge in [0.1, 0.15) is 36.1 Å². The first kappa shape index (κ1) is 13.7. The molecule has 0 radical (unpaired) electrons. The van der Waals surface area contributed by atoms with E-state index in [1.165, 1.54) is 17.1 Å². The topological polar surface area (TPSA) is 156 Å². The molecule has 0 amide bonds. The van der Waals surface area contributed by atoms with Crippen LogP contribution in [-0.2, 0) is 4.74 Å². The number of nitriles is 1. The number of anilines is 1. The number of nitrogens with zero attached hydrogens (tertiary/aromatic N) is 4. The van der Waals surface area contributed by atoms with Crippen molar-refractivity contribution in [3.05, 3.63) is 18.1 Å². The lowest BCUT2D eigenvalue weighted by molar-refractivity contribution is -0.0435. The Hall–Kier alpha value is -2.25. The Morgan fingerprint density at radius 2 is 2.24 bits per heavy atom. The zero-order valence-corrected chi connectivity index (χ0v) is 10.9. The summed E-state index contributed by atoms with van der Waals surface area (Å²) in [4.78, 5) is 7.97.